The fourth-order valence-corrected chi connectivity index (χ4v) is 1.44. The Morgan fingerprint density at radius 3 is 1.26 bits per heavy atom. The van der Waals surface area contributed by atoms with E-state index >= 15 is 0 Å². The van der Waals surface area contributed by atoms with Crippen LogP contribution in [0.1, 0.15) is 19.8 Å². The van der Waals surface area contributed by atoms with Gasteiger partial charge >= 0.3 is 7.32 Å². The van der Waals surface area contributed by atoms with Gasteiger partial charge in [0.15, 0.2) is 0 Å². The van der Waals surface area contributed by atoms with Gasteiger partial charge in [-0.2, -0.15) is 0 Å². The van der Waals surface area contributed by atoms with E-state index in [4.69, 9.17) is 33.7 Å². The van der Waals surface area contributed by atoms with Crippen LogP contribution in [0, 0.1) is 0 Å². The van der Waals surface area contributed by atoms with Gasteiger partial charge in [0.2, 0.25) is 0 Å². The number of unbranched alkanes of at least 4 members (excludes halogenated alkanes) is 1. The average molecular weight is 338 g/mol. The Kier molecular flexibility index (Phi) is 19.6. The standard InChI is InChI=1S/C14H31BO8/c1-2-3-4-18-5-6-19-7-8-20-9-10-21-11-12-22-13-14-23-15(16)17/h16-17H,2-14H2,1H3. The largest absolute Gasteiger partial charge is 0.633 e. The topological polar surface area (TPSA) is 95.8 Å². The molecule has 2 N–H and O–H groups in total. The molecule has 138 valence electrons. The summed E-state index contributed by atoms with van der Waals surface area (Å²) in [4.78, 5) is 0. The molecule has 0 unspecified atom stereocenters. The summed E-state index contributed by atoms with van der Waals surface area (Å²) >= 11 is 0. The second-order valence-corrected chi connectivity index (χ2v) is 4.61. The van der Waals surface area contributed by atoms with Crippen molar-refractivity contribution in [3.05, 3.63) is 0 Å². The predicted octanol–water partition coefficient (Wildman–Crippen LogP) is -0.144. The van der Waals surface area contributed by atoms with Crippen LogP contribution in [0.3, 0.4) is 0 Å². The molecule has 0 spiro atoms. The third-order valence-electron chi connectivity index (χ3n) is 2.62. The molecule has 0 saturated heterocycles. The molecule has 0 aliphatic heterocycles. The van der Waals surface area contributed by atoms with Crippen molar-refractivity contribution in [3.63, 3.8) is 0 Å². The lowest BCUT2D eigenvalue weighted by atomic mass is 10.3. The van der Waals surface area contributed by atoms with Crippen molar-refractivity contribution in [3.8, 4) is 0 Å². The predicted molar refractivity (Wildman–Crippen MR) is 85.1 cm³/mol. The van der Waals surface area contributed by atoms with Gasteiger partial charge in [0.05, 0.1) is 66.1 Å². The molecule has 0 aromatic carbocycles. The second kappa shape index (κ2) is 19.8. The van der Waals surface area contributed by atoms with Crippen LogP contribution in [0.4, 0.5) is 0 Å². The van der Waals surface area contributed by atoms with Gasteiger partial charge in [-0.1, -0.05) is 13.3 Å². The summed E-state index contributed by atoms with van der Waals surface area (Å²) in [7, 11) is -1.75. The Bertz CT molecular complexity index is 221. The van der Waals surface area contributed by atoms with E-state index < -0.39 is 7.32 Å². The molecule has 0 fully saturated rings. The number of rotatable bonds is 19. The van der Waals surface area contributed by atoms with E-state index in [0.717, 1.165) is 19.4 Å². The Labute approximate surface area is 139 Å². The molecule has 0 aromatic heterocycles. The molecule has 0 atom stereocenters. The van der Waals surface area contributed by atoms with Crippen LogP contribution in [-0.4, -0.2) is 90.0 Å². The van der Waals surface area contributed by atoms with E-state index in [9.17, 15) is 0 Å². The molecule has 8 nitrogen and oxygen atoms in total. The first-order valence-electron chi connectivity index (χ1n) is 8.13. The van der Waals surface area contributed by atoms with Crippen molar-refractivity contribution < 1.29 is 38.4 Å². The van der Waals surface area contributed by atoms with E-state index in [0.29, 0.717) is 52.9 Å². The van der Waals surface area contributed by atoms with Crippen LogP contribution in [0.2, 0.25) is 0 Å². The molecule has 0 amide bonds. The maximum atomic E-state index is 8.41. The van der Waals surface area contributed by atoms with Crippen molar-refractivity contribution in [2.45, 2.75) is 19.8 Å². The van der Waals surface area contributed by atoms with Gasteiger partial charge < -0.3 is 38.4 Å². The van der Waals surface area contributed by atoms with E-state index in [1.54, 1.807) is 0 Å². The number of hydrogen-bond donors (Lipinski definition) is 2. The highest BCUT2D eigenvalue weighted by molar-refractivity contribution is 6.32. The van der Waals surface area contributed by atoms with Crippen LogP contribution in [0.15, 0.2) is 0 Å². The molecule has 23 heavy (non-hydrogen) atoms. The molecule has 0 heterocycles. The highest BCUT2D eigenvalue weighted by atomic mass is 16.6. The molecule has 0 saturated carbocycles. The summed E-state index contributed by atoms with van der Waals surface area (Å²) in [5.41, 5.74) is 0. The summed E-state index contributed by atoms with van der Waals surface area (Å²) in [5, 5.41) is 16.8. The van der Waals surface area contributed by atoms with Crippen LogP contribution in [0.5, 0.6) is 0 Å². The third-order valence-corrected chi connectivity index (χ3v) is 2.62. The first-order valence-corrected chi connectivity index (χ1v) is 8.13. The molecule has 0 aromatic rings. The number of hydrogen-bond acceptors (Lipinski definition) is 8. The molecular weight excluding hydrogens is 307 g/mol. The maximum Gasteiger partial charge on any atom is 0.633 e. The molecule has 0 aliphatic rings. The van der Waals surface area contributed by atoms with Gasteiger partial charge in [0.1, 0.15) is 0 Å². The highest BCUT2D eigenvalue weighted by Gasteiger charge is 2.06. The van der Waals surface area contributed by atoms with Gasteiger partial charge in [-0.15, -0.1) is 0 Å². The highest BCUT2D eigenvalue weighted by Crippen LogP contribution is 1.88. The zero-order chi connectivity index (χ0) is 17.0. The molecule has 0 rings (SSSR count). The minimum Gasteiger partial charge on any atom is -0.402 e. The fourth-order valence-electron chi connectivity index (χ4n) is 1.44. The van der Waals surface area contributed by atoms with Gasteiger partial charge in [0.25, 0.3) is 0 Å². The summed E-state index contributed by atoms with van der Waals surface area (Å²) < 4.78 is 31.0. The van der Waals surface area contributed by atoms with Gasteiger partial charge in [-0.05, 0) is 6.42 Å². The first kappa shape index (κ1) is 22.7. The lowest BCUT2D eigenvalue weighted by molar-refractivity contribution is -0.0137. The summed E-state index contributed by atoms with van der Waals surface area (Å²) in [6, 6.07) is 0. The number of ether oxygens (including phenoxy) is 5. The average Bonchev–Trinajstić information content (AvgIpc) is 2.53. The normalized spacial score (nSPS) is 11.1. The molecule has 0 bridgehead atoms. The van der Waals surface area contributed by atoms with E-state index in [1.165, 1.54) is 0 Å². The molecule has 0 radical (unpaired) electrons. The Hall–Kier alpha value is -0.255. The van der Waals surface area contributed by atoms with Gasteiger partial charge in [-0.25, -0.2) is 0 Å². The summed E-state index contributed by atoms with van der Waals surface area (Å²) in [5.74, 6) is 0. The van der Waals surface area contributed by atoms with Crippen LogP contribution in [-0.2, 0) is 28.3 Å². The quantitative estimate of drug-likeness (QED) is 0.248. The van der Waals surface area contributed by atoms with E-state index in [2.05, 4.69) is 11.6 Å². The Balaban J connectivity index is 2.95. The monoisotopic (exact) mass is 338 g/mol. The Morgan fingerprint density at radius 2 is 0.913 bits per heavy atom. The van der Waals surface area contributed by atoms with E-state index in [-0.39, 0.29) is 13.2 Å². The van der Waals surface area contributed by atoms with Crippen molar-refractivity contribution in [2.24, 2.45) is 0 Å². The third kappa shape index (κ3) is 21.7. The van der Waals surface area contributed by atoms with E-state index in [1.807, 2.05) is 0 Å². The van der Waals surface area contributed by atoms with Crippen LogP contribution >= 0.6 is 0 Å². The summed E-state index contributed by atoms with van der Waals surface area (Å²) in [6.45, 7) is 7.55. The second-order valence-electron chi connectivity index (χ2n) is 4.61. The zero-order valence-electron chi connectivity index (χ0n) is 14.1. The zero-order valence-corrected chi connectivity index (χ0v) is 14.1. The summed E-state index contributed by atoms with van der Waals surface area (Å²) in [6.07, 6.45) is 2.23. The van der Waals surface area contributed by atoms with Crippen molar-refractivity contribution in [2.75, 3.05) is 72.7 Å². The lowest BCUT2D eigenvalue weighted by Gasteiger charge is -2.08. The van der Waals surface area contributed by atoms with Crippen molar-refractivity contribution in [1.29, 1.82) is 0 Å². The minimum absolute atomic E-state index is 0.129. The van der Waals surface area contributed by atoms with Crippen molar-refractivity contribution in [1.82, 2.24) is 0 Å². The molecular formula is C14H31BO8. The first-order chi connectivity index (χ1) is 11.3. The SMILES string of the molecule is CCCCOCCOCCOCCOCCOCCOB(O)O. The lowest BCUT2D eigenvalue weighted by Crippen LogP contribution is -2.20. The smallest absolute Gasteiger partial charge is 0.402 e. The Morgan fingerprint density at radius 1 is 0.565 bits per heavy atom. The van der Waals surface area contributed by atoms with Gasteiger partial charge in [-0.3, -0.25) is 0 Å². The van der Waals surface area contributed by atoms with Crippen molar-refractivity contribution >= 4 is 7.32 Å². The van der Waals surface area contributed by atoms with Crippen LogP contribution in [0.25, 0.3) is 0 Å². The molecule has 9 heteroatoms. The van der Waals surface area contributed by atoms with Crippen LogP contribution < -0.4 is 0 Å². The minimum atomic E-state index is -1.75. The fraction of sp³-hybridized carbons (Fsp3) is 1.00. The maximum absolute atomic E-state index is 8.41. The molecule has 0 aliphatic carbocycles. The van der Waals surface area contributed by atoms with Gasteiger partial charge in [0, 0.05) is 6.61 Å².